The molecule has 0 aliphatic rings. The maximum Gasteiger partial charge on any atom is 0.0579 e. The Balaban J connectivity index is 0.000000281. The zero-order chi connectivity index (χ0) is 8.10. The molecule has 3 heteroatoms. The predicted octanol–water partition coefficient (Wildman–Crippen LogP) is 3.03. The fourth-order valence-corrected chi connectivity index (χ4v) is 1.70. The molecule has 2 aromatic rings. The van der Waals surface area contributed by atoms with Crippen LogP contribution in [0, 0.1) is 0 Å². The first-order chi connectivity index (χ1) is 5.47. The molecule has 0 unspecified atom stereocenters. The van der Waals surface area contributed by atoms with Crippen LogP contribution in [0.3, 0.4) is 0 Å². The summed E-state index contributed by atoms with van der Waals surface area (Å²) >= 11 is 5.43. The zero-order valence-electron chi connectivity index (χ0n) is 5.70. The lowest BCUT2D eigenvalue weighted by molar-refractivity contribution is 0.632. The van der Waals surface area contributed by atoms with E-state index in [4.69, 9.17) is 4.66 Å². The minimum absolute atomic E-state index is 1.35. The van der Waals surface area contributed by atoms with E-state index in [1.807, 2.05) is 0 Å². The molecule has 0 radical (unpaired) electrons. The lowest BCUT2D eigenvalue weighted by Crippen LogP contribution is -1.56. The van der Waals surface area contributed by atoms with E-state index in [0.717, 1.165) is 0 Å². The Hall–Kier alpha value is -0.570. The van der Waals surface area contributed by atoms with Gasteiger partial charge in [-0.2, -0.15) is 0 Å². The fourth-order valence-electron chi connectivity index (χ4n) is 0.906. The highest BCUT2D eigenvalue weighted by molar-refractivity contribution is 7.17. The van der Waals surface area contributed by atoms with Crippen LogP contribution in [0.4, 0.5) is 0 Å². The standard InChI is InChI=1S/C8H6S.ClHO/c1-2-4-8-7(3-1)5-6-9-8;1-2/h1-6H;2H. The van der Waals surface area contributed by atoms with Crippen molar-refractivity contribution in [1.29, 1.82) is 0 Å². The van der Waals surface area contributed by atoms with Crippen LogP contribution in [0.1, 0.15) is 0 Å². The van der Waals surface area contributed by atoms with Gasteiger partial charge in [-0.25, -0.2) is 0 Å². The van der Waals surface area contributed by atoms with Crippen molar-refractivity contribution >= 4 is 33.3 Å². The highest BCUT2D eigenvalue weighted by atomic mass is 35.5. The Morgan fingerprint density at radius 3 is 2.55 bits per heavy atom. The summed E-state index contributed by atoms with van der Waals surface area (Å²) in [6.45, 7) is 0. The number of hydrogen-bond donors (Lipinski definition) is 1. The van der Waals surface area contributed by atoms with E-state index < -0.39 is 0 Å². The Bertz CT molecular complexity index is 288. The van der Waals surface area contributed by atoms with Crippen molar-refractivity contribution in [3.05, 3.63) is 35.7 Å². The summed E-state index contributed by atoms with van der Waals surface area (Å²) in [5, 5.41) is 3.47. The molecule has 1 N–H and O–H groups in total. The fraction of sp³-hybridized carbons (Fsp3) is 0. The number of thiophene rings is 1. The van der Waals surface area contributed by atoms with Gasteiger partial charge >= 0.3 is 0 Å². The second-order valence-corrected chi connectivity index (χ2v) is 2.91. The number of fused-ring (bicyclic) bond motifs is 1. The van der Waals surface area contributed by atoms with Gasteiger partial charge in [0, 0.05) is 4.70 Å². The van der Waals surface area contributed by atoms with Gasteiger partial charge in [0.15, 0.2) is 0 Å². The Morgan fingerprint density at radius 2 is 1.82 bits per heavy atom. The molecule has 1 aromatic carbocycles. The number of hydrogen-bond acceptors (Lipinski definition) is 2. The van der Waals surface area contributed by atoms with Crippen LogP contribution in [0.15, 0.2) is 35.7 Å². The second kappa shape index (κ2) is 4.34. The van der Waals surface area contributed by atoms with Gasteiger partial charge in [-0.15, -0.1) is 11.3 Å². The molecule has 1 aromatic heterocycles. The van der Waals surface area contributed by atoms with Crippen LogP contribution in [0.5, 0.6) is 0 Å². The molecule has 0 amide bonds. The van der Waals surface area contributed by atoms with E-state index in [9.17, 15) is 0 Å². The summed E-state index contributed by atoms with van der Waals surface area (Å²) in [5.74, 6) is 0. The molecule has 0 spiro atoms. The highest BCUT2D eigenvalue weighted by Gasteiger charge is 1.87. The maximum atomic E-state index is 6.47. The third kappa shape index (κ3) is 1.93. The number of benzene rings is 1. The smallest absolute Gasteiger partial charge is 0.0579 e. The molecule has 1 heterocycles. The van der Waals surface area contributed by atoms with Gasteiger partial charge in [-0.05, 0) is 22.9 Å². The van der Waals surface area contributed by atoms with Crippen LogP contribution in [0.2, 0.25) is 0 Å². The highest BCUT2D eigenvalue weighted by Crippen LogP contribution is 2.18. The summed E-state index contributed by atoms with van der Waals surface area (Å²) in [4.78, 5) is 0. The summed E-state index contributed by atoms with van der Waals surface area (Å²) in [7, 11) is 0. The molecule has 0 fully saturated rings. The normalized spacial score (nSPS) is 8.91. The van der Waals surface area contributed by atoms with Crippen molar-refractivity contribution < 1.29 is 4.66 Å². The molecule has 1 nitrogen and oxygen atoms in total. The summed E-state index contributed by atoms with van der Waals surface area (Å²) in [6, 6.07) is 10.5. The summed E-state index contributed by atoms with van der Waals surface area (Å²) in [5.41, 5.74) is 0. The van der Waals surface area contributed by atoms with Crippen LogP contribution in [0.25, 0.3) is 10.1 Å². The van der Waals surface area contributed by atoms with Crippen LogP contribution < -0.4 is 0 Å². The quantitative estimate of drug-likeness (QED) is 0.671. The third-order valence-electron chi connectivity index (χ3n) is 1.36. The molecular weight excluding hydrogens is 180 g/mol. The predicted molar refractivity (Wildman–Crippen MR) is 49.9 cm³/mol. The molecule has 11 heavy (non-hydrogen) atoms. The molecule has 0 atom stereocenters. The molecule has 0 aliphatic heterocycles. The molecule has 58 valence electrons. The van der Waals surface area contributed by atoms with Crippen molar-refractivity contribution in [2.45, 2.75) is 0 Å². The third-order valence-corrected chi connectivity index (χ3v) is 2.26. The monoisotopic (exact) mass is 186 g/mol. The minimum atomic E-state index is 1.35. The Kier molecular flexibility index (Phi) is 3.36. The van der Waals surface area contributed by atoms with Gasteiger partial charge in [-0.1, -0.05) is 18.2 Å². The van der Waals surface area contributed by atoms with E-state index in [1.54, 1.807) is 11.3 Å². The molecule has 0 saturated heterocycles. The SMILES string of the molecule is OCl.c1ccc2sccc2c1. The lowest BCUT2D eigenvalue weighted by Gasteiger charge is -1.82. The van der Waals surface area contributed by atoms with E-state index in [-0.39, 0.29) is 0 Å². The maximum absolute atomic E-state index is 6.47. The van der Waals surface area contributed by atoms with Crippen LogP contribution >= 0.6 is 23.2 Å². The summed E-state index contributed by atoms with van der Waals surface area (Å²) < 4.78 is 7.84. The lowest BCUT2D eigenvalue weighted by atomic mass is 10.3. The first-order valence-corrected chi connectivity index (χ1v) is 4.28. The van der Waals surface area contributed by atoms with Gasteiger partial charge in [0.1, 0.15) is 0 Å². The van der Waals surface area contributed by atoms with Crippen molar-refractivity contribution in [2.24, 2.45) is 0 Å². The van der Waals surface area contributed by atoms with Crippen LogP contribution in [-0.2, 0) is 0 Å². The van der Waals surface area contributed by atoms with Gasteiger partial charge in [0.2, 0.25) is 0 Å². The first-order valence-electron chi connectivity index (χ1n) is 3.06. The van der Waals surface area contributed by atoms with Gasteiger partial charge < -0.3 is 0 Å². The van der Waals surface area contributed by atoms with E-state index >= 15 is 0 Å². The van der Waals surface area contributed by atoms with Gasteiger partial charge in [0.25, 0.3) is 0 Å². The zero-order valence-corrected chi connectivity index (χ0v) is 7.27. The second-order valence-electron chi connectivity index (χ2n) is 1.96. The topological polar surface area (TPSA) is 20.2 Å². The minimum Gasteiger partial charge on any atom is -0.295 e. The van der Waals surface area contributed by atoms with E-state index in [2.05, 4.69) is 47.6 Å². The molecule has 0 bridgehead atoms. The number of rotatable bonds is 0. The van der Waals surface area contributed by atoms with E-state index in [1.165, 1.54) is 10.1 Å². The largest absolute Gasteiger partial charge is 0.295 e. The van der Waals surface area contributed by atoms with Crippen molar-refractivity contribution in [1.82, 2.24) is 0 Å². The molecule has 0 saturated carbocycles. The Morgan fingerprint density at radius 1 is 1.09 bits per heavy atom. The average Bonchev–Trinajstić information content (AvgIpc) is 2.55. The van der Waals surface area contributed by atoms with Crippen molar-refractivity contribution in [2.75, 3.05) is 0 Å². The van der Waals surface area contributed by atoms with E-state index in [0.29, 0.717) is 0 Å². The Labute approximate surface area is 74.0 Å². The van der Waals surface area contributed by atoms with Crippen molar-refractivity contribution in [3.8, 4) is 0 Å². The first kappa shape index (κ1) is 8.53. The molecular formula is C8H7ClOS. The van der Waals surface area contributed by atoms with Crippen molar-refractivity contribution in [3.63, 3.8) is 0 Å². The van der Waals surface area contributed by atoms with Gasteiger partial charge in [-0.3, -0.25) is 4.66 Å². The van der Waals surface area contributed by atoms with Gasteiger partial charge in [0.05, 0.1) is 11.9 Å². The molecule has 2 rings (SSSR count). The summed E-state index contributed by atoms with van der Waals surface area (Å²) in [6.07, 6.45) is 0. The number of halogens is 1. The van der Waals surface area contributed by atoms with Crippen LogP contribution in [-0.4, -0.2) is 4.66 Å². The molecule has 0 aliphatic carbocycles. The average molecular weight is 187 g/mol.